The molecule has 5 nitrogen and oxygen atoms in total. The van der Waals surface area contributed by atoms with Gasteiger partial charge in [-0.3, -0.25) is 0 Å². The molecule has 21 heavy (non-hydrogen) atoms. The lowest BCUT2D eigenvalue weighted by molar-refractivity contribution is 0.344. The number of halogens is 1. The molecule has 1 aromatic carbocycles. The Balaban J connectivity index is 1.87. The molecule has 0 aliphatic heterocycles. The van der Waals surface area contributed by atoms with Crippen LogP contribution < -0.4 is 10.6 Å². The van der Waals surface area contributed by atoms with Gasteiger partial charge in [-0.1, -0.05) is 56.3 Å². The topological polar surface area (TPSA) is 66.0 Å². The maximum Gasteiger partial charge on any atom is 0.209 e. The molecule has 0 saturated heterocycles. The van der Waals surface area contributed by atoms with Gasteiger partial charge in [-0.2, -0.15) is 0 Å². The summed E-state index contributed by atoms with van der Waals surface area (Å²) in [5, 5.41) is 9.55. The predicted octanol–water partition coefficient (Wildman–Crippen LogP) is 3.11. The van der Waals surface area contributed by atoms with Crippen LogP contribution in [0.2, 0.25) is 5.02 Å². The molecule has 2 rings (SSSR count). The number of nitrogens with two attached hydrogens (primary N) is 1. The van der Waals surface area contributed by atoms with Crippen LogP contribution in [0, 0.1) is 0 Å². The van der Waals surface area contributed by atoms with E-state index in [1.807, 2.05) is 18.2 Å². The van der Waals surface area contributed by atoms with Crippen LogP contribution in [0.4, 0.5) is 0 Å². The molecule has 1 aromatic heterocycles. The van der Waals surface area contributed by atoms with Crippen molar-refractivity contribution in [3.63, 3.8) is 0 Å². The molecule has 0 amide bonds. The zero-order valence-corrected chi connectivity index (χ0v) is 13.9. The Bertz CT molecular complexity index is 609. The van der Waals surface area contributed by atoms with E-state index in [1.165, 1.54) is 11.8 Å². The van der Waals surface area contributed by atoms with Crippen molar-refractivity contribution in [3.05, 3.63) is 35.1 Å². The highest BCUT2D eigenvalue weighted by Gasteiger charge is 2.22. The lowest BCUT2D eigenvalue weighted by Crippen LogP contribution is -2.24. The Morgan fingerprint density at radius 1 is 1.29 bits per heavy atom. The Morgan fingerprint density at radius 3 is 2.62 bits per heavy atom. The van der Waals surface area contributed by atoms with Crippen molar-refractivity contribution in [2.45, 2.75) is 31.3 Å². The molecule has 0 aliphatic carbocycles. The minimum atomic E-state index is -0.130. The van der Waals surface area contributed by atoms with Gasteiger partial charge >= 0.3 is 0 Å². The Hall–Kier alpha value is -1.40. The maximum atomic E-state index is 6.02. The summed E-state index contributed by atoms with van der Waals surface area (Å²) < 4.78 is 7.16. The van der Waals surface area contributed by atoms with E-state index >= 15 is 0 Å². The van der Waals surface area contributed by atoms with E-state index in [-0.39, 0.29) is 5.41 Å². The van der Waals surface area contributed by atoms with E-state index in [4.69, 9.17) is 22.2 Å². The summed E-state index contributed by atoms with van der Waals surface area (Å²) in [5.74, 6) is 8.17. The Labute approximate surface area is 133 Å². The first-order valence-corrected chi connectivity index (χ1v) is 7.97. The van der Waals surface area contributed by atoms with E-state index in [2.05, 4.69) is 31.0 Å². The van der Waals surface area contributed by atoms with Gasteiger partial charge in [-0.15, -0.1) is 10.2 Å². The van der Waals surface area contributed by atoms with Crippen molar-refractivity contribution in [2.75, 3.05) is 18.2 Å². The number of hydrogen-bond acceptors (Lipinski definition) is 5. The lowest BCUT2D eigenvalue weighted by atomic mass is 9.96. The second-order valence-electron chi connectivity index (χ2n) is 5.55. The molecule has 2 aromatic rings. The molecule has 0 saturated carbocycles. The van der Waals surface area contributed by atoms with Crippen molar-refractivity contribution in [1.82, 2.24) is 14.9 Å². The third-order valence-corrected chi connectivity index (χ3v) is 3.96. The van der Waals surface area contributed by atoms with Crippen LogP contribution in [0.3, 0.4) is 0 Å². The molecule has 0 aliphatic rings. The van der Waals surface area contributed by atoms with Gasteiger partial charge in [-0.05, 0) is 12.1 Å². The molecule has 0 bridgehead atoms. The fraction of sp³-hybridized carbons (Fsp3) is 0.429. The third-order valence-electron chi connectivity index (χ3n) is 2.74. The summed E-state index contributed by atoms with van der Waals surface area (Å²) in [4.78, 5) is 0. The van der Waals surface area contributed by atoms with Crippen LogP contribution >= 0.6 is 23.4 Å². The SMILES string of the molecule is CC(C)(C)c1nnc(SCCOc2ccccc2Cl)n1N. The number of benzene rings is 1. The zero-order chi connectivity index (χ0) is 15.5. The smallest absolute Gasteiger partial charge is 0.209 e. The van der Waals surface area contributed by atoms with Crippen LogP contribution in [0.15, 0.2) is 29.4 Å². The van der Waals surface area contributed by atoms with Crippen LogP contribution in [-0.4, -0.2) is 27.2 Å². The highest BCUT2D eigenvalue weighted by atomic mass is 35.5. The lowest BCUT2D eigenvalue weighted by Gasteiger charge is -2.16. The predicted molar refractivity (Wildman–Crippen MR) is 86.5 cm³/mol. The van der Waals surface area contributed by atoms with Gasteiger partial charge in [-0.25, -0.2) is 4.68 Å². The summed E-state index contributed by atoms with van der Waals surface area (Å²) in [5.41, 5.74) is -0.130. The van der Waals surface area contributed by atoms with Gasteiger partial charge in [0.25, 0.3) is 0 Å². The van der Waals surface area contributed by atoms with Crippen molar-refractivity contribution in [1.29, 1.82) is 0 Å². The van der Waals surface area contributed by atoms with Crippen molar-refractivity contribution < 1.29 is 4.74 Å². The molecule has 7 heteroatoms. The Morgan fingerprint density at radius 2 is 2.00 bits per heavy atom. The summed E-state index contributed by atoms with van der Waals surface area (Å²) in [6, 6.07) is 7.40. The summed E-state index contributed by atoms with van der Waals surface area (Å²) in [7, 11) is 0. The second-order valence-corrected chi connectivity index (χ2v) is 7.02. The number of aromatic nitrogens is 3. The molecule has 0 atom stereocenters. The van der Waals surface area contributed by atoms with E-state index in [0.717, 1.165) is 5.82 Å². The van der Waals surface area contributed by atoms with Gasteiger partial charge in [0.15, 0.2) is 5.82 Å². The van der Waals surface area contributed by atoms with E-state index in [0.29, 0.717) is 28.3 Å². The summed E-state index contributed by atoms with van der Waals surface area (Å²) in [6.07, 6.45) is 0. The first kappa shape index (κ1) is 16.0. The first-order valence-electron chi connectivity index (χ1n) is 6.60. The zero-order valence-electron chi connectivity index (χ0n) is 12.3. The summed E-state index contributed by atoms with van der Waals surface area (Å²) in [6.45, 7) is 6.67. The standard InChI is InChI=1S/C14H19ClN4OS/c1-14(2,3)12-17-18-13(19(12)16)21-9-8-20-11-7-5-4-6-10(11)15/h4-7H,8-9,16H2,1-3H3. The number of ether oxygens (including phenoxy) is 1. The number of hydrogen-bond donors (Lipinski definition) is 1. The number of para-hydroxylation sites is 1. The fourth-order valence-corrected chi connectivity index (χ4v) is 2.60. The molecule has 114 valence electrons. The minimum Gasteiger partial charge on any atom is -0.491 e. The Kier molecular flexibility index (Phi) is 5.00. The number of nitrogen functional groups attached to an aromatic ring is 1. The average Bonchev–Trinajstić information content (AvgIpc) is 2.78. The number of thioether (sulfide) groups is 1. The van der Waals surface area contributed by atoms with E-state index in [9.17, 15) is 0 Å². The van der Waals surface area contributed by atoms with Gasteiger partial charge in [0.05, 0.1) is 11.6 Å². The third kappa shape index (κ3) is 4.04. The molecule has 0 fully saturated rings. The van der Waals surface area contributed by atoms with Gasteiger partial charge in [0.1, 0.15) is 5.75 Å². The van der Waals surface area contributed by atoms with Crippen molar-refractivity contribution >= 4 is 23.4 Å². The van der Waals surface area contributed by atoms with Gasteiger partial charge in [0.2, 0.25) is 5.16 Å². The number of rotatable bonds is 5. The molecule has 0 unspecified atom stereocenters. The second kappa shape index (κ2) is 6.58. The highest BCUT2D eigenvalue weighted by Crippen LogP contribution is 2.25. The summed E-state index contributed by atoms with van der Waals surface area (Å²) >= 11 is 7.53. The molecule has 0 spiro atoms. The van der Waals surface area contributed by atoms with Crippen LogP contribution in [0.5, 0.6) is 5.75 Å². The highest BCUT2D eigenvalue weighted by molar-refractivity contribution is 7.99. The fourth-order valence-electron chi connectivity index (χ4n) is 1.73. The molecular weight excluding hydrogens is 308 g/mol. The largest absolute Gasteiger partial charge is 0.491 e. The van der Waals surface area contributed by atoms with Gasteiger partial charge < -0.3 is 10.6 Å². The minimum absolute atomic E-state index is 0.130. The van der Waals surface area contributed by atoms with Crippen LogP contribution in [0.1, 0.15) is 26.6 Å². The molecule has 2 N–H and O–H groups in total. The van der Waals surface area contributed by atoms with Crippen molar-refractivity contribution in [2.24, 2.45) is 0 Å². The van der Waals surface area contributed by atoms with Crippen LogP contribution in [0.25, 0.3) is 0 Å². The van der Waals surface area contributed by atoms with Gasteiger partial charge in [0, 0.05) is 11.2 Å². The van der Waals surface area contributed by atoms with E-state index in [1.54, 1.807) is 10.7 Å². The van der Waals surface area contributed by atoms with Crippen molar-refractivity contribution in [3.8, 4) is 5.75 Å². The van der Waals surface area contributed by atoms with Crippen LogP contribution in [-0.2, 0) is 5.41 Å². The molecule has 1 heterocycles. The first-order chi connectivity index (χ1) is 9.89. The average molecular weight is 327 g/mol. The van der Waals surface area contributed by atoms with E-state index < -0.39 is 0 Å². The quantitative estimate of drug-likeness (QED) is 0.519. The maximum absolute atomic E-state index is 6.02. The normalized spacial score (nSPS) is 11.6. The number of nitrogens with zero attached hydrogens (tertiary/aromatic N) is 3. The molecule has 0 radical (unpaired) electrons. The monoisotopic (exact) mass is 326 g/mol. The molecular formula is C14H19ClN4OS.